The summed E-state index contributed by atoms with van der Waals surface area (Å²) in [6, 6.07) is 3.90. The molecule has 110 valence electrons. The predicted molar refractivity (Wildman–Crippen MR) is 82.7 cm³/mol. The standard InChI is InChI=1S/C16H22ClNO2/c1-19-15-9-13(8-14(17)16(15)20-2)11-18-10-12-6-4-3-5-7-12/h3-4,8-9,12,18H,5-7,10-11H2,1-2H3. The van der Waals surface area contributed by atoms with E-state index >= 15 is 0 Å². The van der Waals surface area contributed by atoms with Gasteiger partial charge in [-0.2, -0.15) is 0 Å². The Kier molecular flexibility index (Phi) is 5.74. The molecule has 0 radical (unpaired) electrons. The summed E-state index contributed by atoms with van der Waals surface area (Å²) in [5, 5.41) is 4.09. The first-order chi connectivity index (χ1) is 9.74. The quantitative estimate of drug-likeness (QED) is 0.810. The van der Waals surface area contributed by atoms with Gasteiger partial charge in [0.2, 0.25) is 0 Å². The van der Waals surface area contributed by atoms with Crippen molar-refractivity contribution < 1.29 is 9.47 Å². The summed E-state index contributed by atoms with van der Waals surface area (Å²) in [6.45, 7) is 1.83. The number of halogens is 1. The van der Waals surface area contributed by atoms with Crippen molar-refractivity contribution in [1.29, 1.82) is 0 Å². The van der Waals surface area contributed by atoms with Crippen LogP contribution in [-0.4, -0.2) is 20.8 Å². The van der Waals surface area contributed by atoms with Crippen LogP contribution in [0.4, 0.5) is 0 Å². The molecule has 1 aromatic carbocycles. The third-order valence-corrected chi connectivity index (χ3v) is 3.91. The van der Waals surface area contributed by atoms with Crippen LogP contribution in [0.25, 0.3) is 0 Å². The predicted octanol–water partition coefficient (Wildman–Crippen LogP) is 3.80. The maximum Gasteiger partial charge on any atom is 0.179 e. The zero-order chi connectivity index (χ0) is 14.4. The van der Waals surface area contributed by atoms with E-state index in [-0.39, 0.29) is 0 Å². The Bertz CT molecular complexity index is 474. The molecule has 0 fully saturated rings. The molecule has 2 rings (SSSR count). The van der Waals surface area contributed by atoms with Gasteiger partial charge in [0.05, 0.1) is 19.2 Å². The van der Waals surface area contributed by atoms with Gasteiger partial charge in [0.25, 0.3) is 0 Å². The number of rotatable bonds is 6. The molecule has 1 aliphatic carbocycles. The third-order valence-electron chi connectivity index (χ3n) is 3.63. The molecule has 1 unspecified atom stereocenters. The molecule has 0 heterocycles. The van der Waals surface area contributed by atoms with Crippen molar-refractivity contribution in [2.75, 3.05) is 20.8 Å². The lowest BCUT2D eigenvalue weighted by atomic mass is 9.94. The first-order valence-corrected chi connectivity index (χ1v) is 7.38. The Morgan fingerprint density at radius 2 is 2.10 bits per heavy atom. The zero-order valence-electron chi connectivity index (χ0n) is 12.1. The average Bonchev–Trinajstić information content (AvgIpc) is 2.47. The molecule has 3 nitrogen and oxygen atoms in total. The Morgan fingerprint density at radius 3 is 2.75 bits per heavy atom. The Morgan fingerprint density at radius 1 is 1.25 bits per heavy atom. The highest BCUT2D eigenvalue weighted by Gasteiger charge is 2.12. The lowest BCUT2D eigenvalue weighted by molar-refractivity contribution is 0.354. The SMILES string of the molecule is COc1cc(CNCC2CC=CCC2)cc(Cl)c1OC. The maximum atomic E-state index is 6.20. The second kappa shape index (κ2) is 7.55. The molecule has 1 aliphatic rings. The van der Waals surface area contributed by atoms with Crippen molar-refractivity contribution in [3.8, 4) is 11.5 Å². The molecule has 1 N–H and O–H groups in total. The fourth-order valence-electron chi connectivity index (χ4n) is 2.54. The highest BCUT2D eigenvalue weighted by Crippen LogP contribution is 2.35. The number of allylic oxidation sites excluding steroid dienone is 2. The largest absolute Gasteiger partial charge is 0.493 e. The monoisotopic (exact) mass is 295 g/mol. The Labute approximate surface area is 125 Å². The van der Waals surface area contributed by atoms with Crippen LogP contribution in [0.15, 0.2) is 24.3 Å². The topological polar surface area (TPSA) is 30.5 Å². The highest BCUT2D eigenvalue weighted by molar-refractivity contribution is 6.32. The molecule has 4 heteroatoms. The minimum atomic E-state index is 0.587. The number of hydrogen-bond acceptors (Lipinski definition) is 3. The first-order valence-electron chi connectivity index (χ1n) is 7.00. The molecule has 1 aromatic rings. The second-order valence-electron chi connectivity index (χ2n) is 5.09. The minimum absolute atomic E-state index is 0.587. The van der Waals surface area contributed by atoms with Crippen molar-refractivity contribution in [2.45, 2.75) is 25.8 Å². The molecule has 0 saturated carbocycles. The average molecular weight is 296 g/mol. The van der Waals surface area contributed by atoms with Crippen LogP contribution in [0.1, 0.15) is 24.8 Å². The van der Waals surface area contributed by atoms with Crippen LogP contribution in [0, 0.1) is 5.92 Å². The van der Waals surface area contributed by atoms with Crippen LogP contribution in [-0.2, 0) is 6.54 Å². The smallest absolute Gasteiger partial charge is 0.179 e. The van der Waals surface area contributed by atoms with Gasteiger partial charge in [-0.3, -0.25) is 0 Å². The van der Waals surface area contributed by atoms with Crippen molar-refractivity contribution in [2.24, 2.45) is 5.92 Å². The van der Waals surface area contributed by atoms with E-state index in [0.29, 0.717) is 16.5 Å². The van der Waals surface area contributed by atoms with E-state index in [1.165, 1.54) is 19.3 Å². The van der Waals surface area contributed by atoms with Crippen LogP contribution in [0.2, 0.25) is 5.02 Å². The molecule has 1 atom stereocenters. The van der Waals surface area contributed by atoms with Crippen LogP contribution < -0.4 is 14.8 Å². The summed E-state index contributed by atoms with van der Waals surface area (Å²) in [7, 11) is 3.22. The van der Waals surface area contributed by atoms with Gasteiger partial charge in [-0.15, -0.1) is 0 Å². The van der Waals surface area contributed by atoms with E-state index in [0.717, 1.165) is 24.6 Å². The van der Waals surface area contributed by atoms with Crippen LogP contribution >= 0.6 is 11.6 Å². The highest BCUT2D eigenvalue weighted by atomic mass is 35.5. The number of methoxy groups -OCH3 is 2. The number of hydrogen-bond donors (Lipinski definition) is 1. The second-order valence-corrected chi connectivity index (χ2v) is 5.50. The lowest BCUT2D eigenvalue weighted by Crippen LogP contribution is -2.23. The van der Waals surface area contributed by atoms with E-state index in [2.05, 4.69) is 17.5 Å². The molecular formula is C16H22ClNO2. The molecule has 0 aliphatic heterocycles. The van der Waals surface area contributed by atoms with Crippen molar-refractivity contribution >= 4 is 11.6 Å². The molecule has 0 bridgehead atoms. The van der Waals surface area contributed by atoms with E-state index in [4.69, 9.17) is 21.1 Å². The van der Waals surface area contributed by atoms with E-state index in [1.54, 1.807) is 14.2 Å². The van der Waals surface area contributed by atoms with E-state index in [1.807, 2.05) is 12.1 Å². The molecule has 0 spiro atoms. The lowest BCUT2D eigenvalue weighted by Gasteiger charge is -2.18. The third kappa shape index (κ3) is 3.90. The summed E-state index contributed by atoms with van der Waals surface area (Å²) in [5.41, 5.74) is 1.11. The van der Waals surface area contributed by atoms with Gasteiger partial charge in [-0.25, -0.2) is 0 Å². The summed E-state index contributed by atoms with van der Waals surface area (Å²) in [6.07, 6.45) is 8.21. The fraction of sp³-hybridized carbons (Fsp3) is 0.500. The minimum Gasteiger partial charge on any atom is -0.493 e. The zero-order valence-corrected chi connectivity index (χ0v) is 12.9. The summed E-state index contributed by atoms with van der Waals surface area (Å²) in [5.74, 6) is 2.02. The maximum absolute atomic E-state index is 6.20. The Balaban J connectivity index is 1.92. The van der Waals surface area contributed by atoms with Gasteiger partial charge in [0.15, 0.2) is 11.5 Å². The van der Waals surface area contributed by atoms with Gasteiger partial charge in [-0.1, -0.05) is 23.8 Å². The molecule has 0 saturated heterocycles. The molecule has 0 aromatic heterocycles. The Hall–Kier alpha value is -1.19. The van der Waals surface area contributed by atoms with Crippen molar-refractivity contribution in [1.82, 2.24) is 5.32 Å². The van der Waals surface area contributed by atoms with E-state index < -0.39 is 0 Å². The van der Waals surface area contributed by atoms with Crippen molar-refractivity contribution in [3.63, 3.8) is 0 Å². The normalized spacial score (nSPS) is 18.1. The molecular weight excluding hydrogens is 274 g/mol. The summed E-state index contributed by atoms with van der Waals surface area (Å²) < 4.78 is 10.5. The fourth-order valence-corrected chi connectivity index (χ4v) is 2.85. The van der Waals surface area contributed by atoms with Crippen LogP contribution in [0.5, 0.6) is 11.5 Å². The van der Waals surface area contributed by atoms with Gasteiger partial charge < -0.3 is 14.8 Å². The van der Waals surface area contributed by atoms with Gasteiger partial charge in [0.1, 0.15) is 0 Å². The van der Waals surface area contributed by atoms with Gasteiger partial charge in [-0.05, 0) is 49.4 Å². The van der Waals surface area contributed by atoms with Crippen molar-refractivity contribution in [3.05, 3.63) is 34.9 Å². The number of benzene rings is 1. The summed E-state index contributed by atoms with van der Waals surface area (Å²) in [4.78, 5) is 0. The first kappa shape index (κ1) is 15.2. The molecule has 0 amide bonds. The van der Waals surface area contributed by atoms with Gasteiger partial charge >= 0.3 is 0 Å². The summed E-state index contributed by atoms with van der Waals surface area (Å²) >= 11 is 6.20. The van der Waals surface area contributed by atoms with E-state index in [9.17, 15) is 0 Å². The van der Waals surface area contributed by atoms with Crippen LogP contribution in [0.3, 0.4) is 0 Å². The van der Waals surface area contributed by atoms with Gasteiger partial charge in [0, 0.05) is 6.54 Å². The number of nitrogens with one attached hydrogen (secondary N) is 1. The molecule has 20 heavy (non-hydrogen) atoms. The number of ether oxygens (including phenoxy) is 2.